The lowest BCUT2D eigenvalue weighted by Gasteiger charge is -2.34. The van der Waals surface area contributed by atoms with Gasteiger partial charge in [0.1, 0.15) is 0 Å². The molecule has 0 radical (unpaired) electrons. The van der Waals surface area contributed by atoms with Crippen molar-refractivity contribution in [1.29, 1.82) is 0 Å². The van der Waals surface area contributed by atoms with Crippen molar-refractivity contribution in [2.45, 2.75) is 43.5 Å². The number of amides is 1. The third-order valence-corrected chi connectivity index (χ3v) is 7.34. The van der Waals surface area contributed by atoms with Gasteiger partial charge in [-0.25, -0.2) is 8.42 Å². The minimum Gasteiger partial charge on any atom is -0.321 e. The number of piperidine rings is 1. The molecule has 1 aliphatic heterocycles. The molecule has 7 heteroatoms. The number of anilines is 1. The van der Waals surface area contributed by atoms with Crippen LogP contribution in [0.3, 0.4) is 0 Å². The number of nitrogens with zero attached hydrogens (tertiary/aromatic N) is 1. The zero-order valence-electron chi connectivity index (χ0n) is 14.1. The van der Waals surface area contributed by atoms with Gasteiger partial charge in [-0.3, -0.25) is 4.79 Å². The van der Waals surface area contributed by atoms with Crippen LogP contribution in [0.4, 0.5) is 5.69 Å². The summed E-state index contributed by atoms with van der Waals surface area (Å²) in [5.41, 5.74) is 0.586. The first-order valence-corrected chi connectivity index (χ1v) is 10.8. The van der Waals surface area contributed by atoms with E-state index in [1.807, 2.05) is 18.4 Å². The Morgan fingerprint density at radius 3 is 2.64 bits per heavy atom. The summed E-state index contributed by atoms with van der Waals surface area (Å²) in [5, 5.41) is 4.63. The Morgan fingerprint density at radius 1 is 1.24 bits per heavy atom. The molecule has 0 bridgehead atoms. The number of nitrogens with one attached hydrogen (secondary N) is 1. The molecule has 0 unspecified atom stereocenters. The fourth-order valence-electron chi connectivity index (χ4n) is 3.14. The van der Waals surface area contributed by atoms with Crippen LogP contribution in [0.25, 0.3) is 0 Å². The maximum atomic E-state index is 12.9. The molecule has 134 valence electrons. The number of hydrogen-bond donors (Lipinski definition) is 1. The van der Waals surface area contributed by atoms with Gasteiger partial charge < -0.3 is 5.32 Å². The highest BCUT2D eigenvalue weighted by Crippen LogP contribution is 2.27. The summed E-state index contributed by atoms with van der Waals surface area (Å²) in [5.74, 6) is -0.187. The van der Waals surface area contributed by atoms with Crippen molar-refractivity contribution in [1.82, 2.24) is 4.31 Å². The van der Waals surface area contributed by atoms with Crippen LogP contribution in [0.1, 0.15) is 42.3 Å². The molecule has 0 saturated carbocycles. The topological polar surface area (TPSA) is 66.5 Å². The van der Waals surface area contributed by atoms with E-state index in [9.17, 15) is 13.2 Å². The molecule has 1 aliphatic rings. The molecule has 1 N–H and O–H groups in total. The molecule has 1 aromatic heterocycles. The molecule has 1 amide bonds. The molecule has 2 aromatic rings. The van der Waals surface area contributed by atoms with Gasteiger partial charge in [-0.1, -0.05) is 19.4 Å². The second-order valence-electron chi connectivity index (χ2n) is 6.13. The monoisotopic (exact) mass is 378 g/mol. The van der Waals surface area contributed by atoms with Crippen molar-refractivity contribution in [2.75, 3.05) is 11.9 Å². The van der Waals surface area contributed by atoms with Crippen LogP contribution in [0.5, 0.6) is 0 Å². The third-order valence-electron chi connectivity index (χ3n) is 4.51. The van der Waals surface area contributed by atoms with Crippen LogP contribution >= 0.6 is 11.3 Å². The minimum absolute atomic E-state index is 0.0805. The molecule has 1 aromatic carbocycles. The van der Waals surface area contributed by atoms with E-state index in [2.05, 4.69) is 5.32 Å². The highest BCUT2D eigenvalue weighted by Gasteiger charge is 2.32. The maximum absolute atomic E-state index is 12.9. The average Bonchev–Trinajstić information content (AvgIpc) is 3.17. The van der Waals surface area contributed by atoms with E-state index in [0.29, 0.717) is 17.1 Å². The standard InChI is InChI=1S/C18H22N2O3S2/c1-2-15-6-3-4-12-20(15)25(22,23)16-10-8-14(9-11-16)19-18(21)17-7-5-13-24-17/h5,7-11,13,15H,2-4,6,12H2,1H3,(H,19,21)/t15-/m0/s1. The molecular weight excluding hydrogens is 356 g/mol. The van der Waals surface area contributed by atoms with E-state index in [4.69, 9.17) is 0 Å². The van der Waals surface area contributed by atoms with Gasteiger partial charge in [0.15, 0.2) is 0 Å². The van der Waals surface area contributed by atoms with Gasteiger partial charge in [-0.15, -0.1) is 11.3 Å². The molecule has 25 heavy (non-hydrogen) atoms. The Morgan fingerprint density at radius 2 is 2.00 bits per heavy atom. The van der Waals surface area contributed by atoms with Crippen LogP contribution < -0.4 is 5.32 Å². The van der Waals surface area contributed by atoms with Gasteiger partial charge in [-0.05, 0) is 55.0 Å². The van der Waals surface area contributed by atoms with Crippen LogP contribution in [-0.4, -0.2) is 31.2 Å². The van der Waals surface area contributed by atoms with E-state index in [0.717, 1.165) is 25.7 Å². The molecule has 3 rings (SSSR count). The Kier molecular flexibility index (Phi) is 5.56. The summed E-state index contributed by atoms with van der Waals surface area (Å²) in [6.45, 7) is 2.61. The number of hydrogen-bond acceptors (Lipinski definition) is 4. The smallest absolute Gasteiger partial charge is 0.265 e. The predicted molar refractivity (Wildman–Crippen MR) is 101 cm³/mol. The first-order valence-electron chi connectivity index (χ1n) is 8.49. The molecule has 1 saturated heterocycles. The van der Waals surface area contributed by atoms with E-state index < -0.39 is 10.0 Å². The van der Waals surface area contributed by atoms with Gasteiger partial charge in [0.2, 0.25) is 10.0 Å². The second-order valence-corrected chi connectivity index (χ2v) is 8.97. The zero-order chi connectivity index (χ0) is 17.9. The van der Waals surface area contributed by atoms with Gasteiger partial charge in [0.25, 0.3) is 5.91 Å². The predicted octanol–water partition coefficient (Wildman–Crippen LogP) is 3.95. The maximum Gasteiger partial charge on any atom is 0.265 e. The van der Waals surface area contributed by atoms with Gasteiger partial charge in [0, 0.05) is 18.3 Å². The van der Waals surface area contributed by atoms with Crippen LogP contribution in [-0.2, 0) is 10.0 Å². The molecule has 5 nitrogen and oxygen atoms in total. The molecule has 0 spiro atoms. The summed E-state index contributed by atoms with van der Waals surface area (Å²) in [6, 6.07) is 10.1. The average molecular weight is 379 g/mol. The Bertz CT molecular complexity index is 815. The van der Waals surface area contributed by atoms with Crippen molar-refractivity contribution >= 4 is 33.0 Å². The first kappa shape index (κ1) is 18.1. The van der Waals surface area contributed by atoms with Crippen molar-refractivity contribution in [3.63, 3.8) is 0 Å². The number of carbonyl (C=O) groups excluding carboxylic acids is 1. The highest BCUT2D eigenvalue weighted by molar-refractivity contribution is 7.89. The van der Waals surface area contributed by atoms with E-state index in [-0.39, 0.29) is 16.8 Å². The van der Waals surface area contributed by atoms with E-state index >= 15 is 0 Å². The lowest BCUT2D eigenvalue weighted by molar-refractivity contribution is 0.103. The first-order chi connectivity index (χ1) is 12.0. The number of sulfonamides is 1. The van der Waals surface area contributed by atoms with Gasteiger partial charge in [0.05, 0.1) is 9.77 Å². The van der Waals surface area contributed by atoms with Gasteiger partial charge >= 0.3 is 0 Å². The van der Waals surface area contributed by atoms with E-state index in [1.54, 1.807) is 34.6 Å². The summed E-state index contributed by atoms with van der Waals surface area (Å²) < 4.78 is 27.5. The zero-order valence-corrected chi connectivity index (χ0v) is 15.8. The second kappa shape index (κ2) is 7.68. The fourth-order valence-corrected chi connectivity index (χ4v) is 5.53. The van der Waals surface area contributed by atoms with Crippen LogP contribution in [0, 0.1) is 0 Å². The summed E-state index contributed by atoms with van der Waals surface area (Å²) >= 11 is 1.36. The van der Waals surface area contributed by atoms with Crippen molar-refractivity contribution in [3.05, 3.63) is 46.7 Å². The molecule has 0 aliphatic carbocycles. The normalized spacial score (nSPS) is 18.8. The van der Waals surface area contributed by atoms with Gasteiger partial charge in [-0.2, -0.15) is 4.31 Å². The SMILES string of the molecule is CC[C@H]1CCCCN1S(=O)(=O)c1ccc(NC(=O)c2cccs2)cc1. The lowest BCUT2D eigenvalue weighted by Crippen LogP contribution is -2.43. The Labute approximate surface area is 152 Å². The van der Waals surface area contributed by atoms with Crippen molar-refractivity contribution in [2.24, 2.45) is 0 Å². The molecule has 1 atom stereocenters. The van der Waals surface area contributed by atoms with Crippen LogP contribution in [0.2, 0.25) is 0 Å². The fraction of sp³-hybridized carbons (Fsp3) is 0.389. The number of thiophene rings is 1. The minimum atomic E-state index is -3.49. The largest absolute Gasteiger partial charge is 0.321 e. The Hall–Kier alpha value is -1.70. The van der Waals surface area contributed by atoms with Crippen molar-refractivity contribution in [3.8, 4) is 0 Å². The lowest BCUT2D eigenvalue weighted by atomic mass is 10.0. The molecule has 1 fully saturated rings. The number of benzene rings is 1. The third kappa shape index (κ3) is 3.94. The summed E-state index contributed by atoms with van der Waals surface area (Å²) in [7, 11) is -3.49. The van der Waals surface area contributed by atoms with Crippen LogP contribution in [0.15, 0.2) is 46.7 Å². The molecule has 2 heterocycles. The Balaban J connectivity index is 1.76. The highest BCUT2D eigenvalue weighted by atomic mass is 32.2. The quantitative estimate of drug-likeness (QED) is 0.856. The molecular formula is C18H22N2O3S2. The van der Waals surface area contributed by atoms with Crippen molar-refractivity contribution < 1.29 is 13.2 Å². The summed E-state index contributed by atoms with van der Waals surface area (Å²) in [4.78, 5) is 13.0. The summed E-state index contributed by atoms with van der Waals surface area (Å²) in [6.07, 6.45) is 3.74. The number of rotatable bonds is 5. The van der Waals surface area contributed by atoms with E-state index in [1.165, 1.54) is 11.3 Å². The number of carbonyl (C=O) groups is 1.